The number of hydrogen-bond acceptors (Lipinski definition) is 8. The minimum atomic E-state index is -0.697. The maximum Gasteiger partial charge on any atom is 0.238 e. The Morgan fingerprint density at radius 1 is 0.932 bits per heavy atom. The van der Waals surface area contributed by atoms with Gasteiger partial charge in [0.05, 0.1) is 23.4 Å². The summed E-state index contributed by atoms with van der Waals surface area (Å²) >= 11 is 0. The van der Waals surface area contributed by atoms with E-state index in [1.807, 2.05) is 30.3 Å². The quantitative estimate of drug-likeness (QED) is 0.196. The Morgan fingerprint density at radius 2 is 1.73 bits per heavy atom. The van der Waals surface area contributed by atoms with Gasteiger partial charge in [0.15, 0.2) is 17.1 Å². The Bertz CT molecular complexity index is 1990. The fourth-order valence-corrected chi connectivity index (χ4v) is 7.35. The number of aliphatic hydroxyl groups excluding tert-OH is 1. The first-order valence-electron chi connectivity index (χ1n) is 14.6. The average Bonchev–Trinajstić information content (AvgIpc) is 3.75. The van der Waals surface area contributed by atoms with Crippen LogP contribution in [0.25, 0.3) is 22.6 Å². The number of aromatic nitrogens is 1. The maximum absolute atomic E-state index is 14.2. The monoisotopic (exact) mass is 586 g/mol. The SMILES string of the molecule is CC1=CC(=O)C2=C(CC3C(=CCC4C(=O)N(c5ccc(-c6nc7ccccc7o6)cc5)C(=O)C43)C2c2ccc(CO)o2)C1=O. The lowest BCUT2D eigenvalue weighted by Gasteiger charge is -2.41. The molecule has 218 valence electrons. The minimum absolute atomic E-state index is 0.186. The highest BCUT2D eigenvalue weighted by Gasteiger charge is 2.57. The van der Waals surface area contributed by atoms with Gasteiger partial charge in [-0.2, -0.15) is 0 Å². The van der Waals surface area contributed by atoms with Gasteiger partial charge in [-0.15, -0.1) is 0 Å². The van der Waals surface area contributed by atoms with Gasteiger partial charge in [0.25, 0.3) is 0 Å². The summed E-state index contributed by atoms with van der Waals surface area (Å²) in [6.07, 6.45) is 3.80. The first-order valence-corrected chi connectivity index (χ1v) is 14.6. The molecular weight excluding hydrogens is 560 g/mol. The Labute approximate surface area is 251 Å². The molecule has 4 atom stereocenters. The number of amides is 2. The first kappa shape index (κ1) is 26.5. The molecular formula is C35H26N2O7. The molecule has 2 aromatic carbocycles. The van der Waals surface area contributed by atoms with E-state index in [1.165, 1.54) is 11.0 Å². The zero-order chi connectivity index (χ0) is 30.3. The number of carbonyl (C=O) groups excluding carboxylic acids is 4. The Balaban J connectivity index is 1.15. The number of ketones is 2. The molecule has 44 heavy (non-hydrogen) atoms. The molecule has 2 amide bonds. The summed E-state index contributed by atoms with van der Waals surface area (Å²) in [6, 6.07) is 17.8. The molecule has 8 rings (SSSR count). The second-order valence-electron chi connectivity index (χ2n) is 11.7. The van der Waals surface area contributed by atoms with Crippen molar-refractivity contribution < 1.29 is 33.1 Å². The summed E-state index contributed by atoms with van der Waals surface area (Å²) in [5.41, 5.74) is 4.42. The summed E-state index contributed by atoms with van der Waals surface area (Å²) in [6.45, 7) is 1.30. The number of benzene rings is 2. The van der Waals surface area contributed by atoms with Crippen LogP contribution in [0.1, 0.15) is 37.2 Å². The van der Waals surface area contributed by atoms with Crippen molar-refractivity contribution in [2.75, 3.05) is 4.90 Å². The third kappa shape index (κ3) is 3.79. The zero-order valence-corrected chi connectivity index (χ0v) is 23.7. The normalized spacial score (nSPS) is 24.8. The van der Waals surface area contributed by atoms with Crippen molar-refractivity contribution in [1.29, 1.82) is 0 Å². The predicted molar refractivity (Wildman–Crippen MR) is 158 cm³/mol. The van der Waals surface area contributed by atoms with Gasteiger partial charge in [-0.3, -0.25) is 24.1 Å². The number of nitrogens with zero attached hydrogens (tertiary/aromatic N) is 2. The number of hydrogen-bond donors (Lipinski definition) is 1. The highest BCUT2D eigenvalue weighted by atomic mass is 16.4. The van der Waals surface area contributed by atoms with Crippen LogP contribution in [0.15, 0.2) is 104 Å². The molecule has 1 fully saturated rings. The lowest BCUT2D eigenvalue weighted by molar-refractivity contribution is -0.123. The smallest absolute Gasteiger partial charge is 0.238 e. The standard InChI is InChI=1S/C35H26N2O7/c1-17-14-26(39)30-24(32(17)40)15-23-21(31(30)28-13-10-20(16-38)43-28)11-12-22-29(23)35(42)37(34(22)41)19-8-6-18(7-9-19)33-36-25-4-2-3-5-27(25)44-33/h2-11,13-14,22-23,29,31,38H,12,15-16H2,1H3. The number of furan rings is 1. The van der Waals surface area contributed by atoms with E-state index in [1.54, 1.807) is 43.3 Å². The molecule has 4 unspecified atom stereocenters. The van der Waals surface area contributed by atoms with Crippen molar-refractivity contribution in [2.45, 2.75) is 32.3 Å². The van der Waals surface area contributed by atoms with Crippen molar-refractivity contribution in [1.82, 2.24) is 4.98 Å². The van der Waals surface area contributed by atoms with Gasteiger partial charge in [0, 0.05) is 22.3 Å². The molecule has 3 heterocycles. The van der Waals surface area contributed by atoms with Gasteiger partial charge < -0.3 is 13.9 Å². The number of imide groups is 1. The van der Waals surface area contributed by atoms with E-state index in [0.29, 0.717) is 57.4 Å². The van der Waals surface area contributed by atoms with Crippen LogP contribution in [-0.2, 0) is 25.8 Å². The van der Waals surface area contributed by atoms with Crippen LogP contribution in [0.3, 0.4) is 0 Å². The number of carbonyl (C=O) groups is 4. The molecule has 3 aliphatic carbocycles. The number of oxazole rings is 1. The molecule has 4 aliphatic rings. The number of allylic oxidation sites excluding steroid dienone is 6. The molecule has 9 nitrogen and oxygen atoms in total. The Hall–Kier alpha value is -5.15. The van der Waals surface area contributed by atoms with Crippen molar-refractivity contribution in [3.05, 3.63) is 107 Å². The fourth-order valence-electron chi connectivity index (χ4n) is 7.35. The van der Waals surface area contributed by atoms with E-state index in [0.717, 1.165) is 11.1 Å². The van der Waals surface area contributed by atoms with E-state index >= 15 is 0 Å². The van der Waals surface area contributed by atoms with Crippen molar-refractivity contribution in [3.8, 4) is 11.5 Å². The summed E-state index contributed by atoms with van der Waals surface area (Å²) in [5.74, 6) is -2.36. The highest BCUT2D eigenvalue weighted by molar-refractivity contribution is 6.25. The number of fused-ring (bicyclic) bond motifs is 4. The average molecular weight is 587 g/mol. The molecule has 2 aromatic heterocycles. The summed E-state index contributed by atoms with van der Waals surface area (Å²) in [7, 11) is 0. The van der Waals surface area contributed by atoms with Gasteiger partial charge in [0.2, 0.25) is 17.7 Å². The van der Waals surface area contributed by atoms with Crippen molar-refractivity contribution in [2.24, 2.45) is 17.8 Å². The molecule has 1 aliphatic heterocycles. The van der Waals surface area contributed by atoms with Gasteiger partial charge in [-0.25, -0.2) is 4.98 Å². The first-order chi connectivity index (χ1) is 21.3. The molecule has 0 radical (unpaired) electrons. The highest BCUT2D eigenvalue weighted by Crippen LogP contribution is 2.55. The van der Waals surface area contributed by atoms with E-state index in [-0.39, 0.29) is 36.4 Å². The number of para-hydroxylation sites is 2. The second-order valence-corrected chi connectivity index (χ2v) is 11.7. The molecule has 0 saturated carbocycles. The van der Waals surface area contributed by atoms with E-state index in [2.05, 4.69) is 4.98 Å². The summed E-state index contributed by atoms with van der Waals surface area (Å²) in [4.78, 5) is 60.5. The van der Waals surface area contributed by atoms with Crippen LogP contribution in [0.2, 0.25) is 0 Å². The van der Waals surface area contributed by atoms with E-state index in [9.17, 15) is 24.3 Å². The van der Waals surface area contributed by atoms with Crippen LogP contribution in [0.4, 0.5) is 5.69 Å². The molecule has 1 saturated heterocycles. The number of aliphatic hydroxyl groups is 1. The van der Waals surface area contributed by atoms with Gasteiger partial charge in [-0.05, 0) is 80.3 Å². The Morgan fingerprint density at radius 3 is 2.48 bits per heavy atom. The zero-order valence-electron chi connectivity index (χ0n) is 23.7. The lowest BCUT2D eigenvalue weighted by Crippen LogP contribution is -2.39. The predicted octanol–water partition coefficient (Wildman–Crippen LogP) is 5.21. The summed E-state index contributed by atoms with van der Waals surface area (Å²) in [5, 5.41) is 9.64. The van der Waals surface area contributed by atoms with E-state index in [4.69, 9.17) is 8.83 Å². The number of anilines is 1. The van der Waals surface area contributed by atoms with E-state index < -0.39 is 23.7 Å². The minimum Gasteiger partial charge on any atom is -0.463 e. The lowest BCUT2D eigenvalue weighted by atomic mass is 9.60. The fraction of sp³-hybridized carbons (Fsp3) is 0.229. The Kier molecular flexibility index (Phi) is 5.83. The molecule has 0 spiro atoms. The summed E-state index contributed by atoms with van der Waals surface area (Å²) < 4.78 is 11.8. The molecule has 9 heteroatoms. The van der Waals surface area contributed by atoms with Crippen LogP contribution in [0, 0.1) is 17.8 Å². The maximum atomic E-state index is 14.2. The molecule has 4 aromatic rings. The molecule has 1 N–H and O–H groups in total. The van der Waals surface area contributed by atoms with Crippen molar-refractivity contribution in [3.63, 3.8) is 0 Å². The van der Waals surface area contributed by atoms with Crippen molar-refractivity contribution >= 4 is 40.2 Å². The van der Waals surface area contributed by atoms with Gasteiger partial charge >= 0.3 is 0 Å². The number of rotatable bonds is 4. The van der Waals surface area contributed by atoms with Crippen LogP contribution >= 0.6 is 0 Å². The molecule has 0 bridgehead atoms. The number of Topliss-reactive ketones (excluding diaryl/α,β-unsaturated/α-hetero) is 1. The van der Waals surface area contributed by atoms with Crippen LogP contribution in [0.5, 0.6) is 0 Å². The van der Waals surface area contributed by atoms with Crippen LogP contribution in [-0.4, -0.2) is 33.5 Å². The third-order valence-electron chi connectivity index (χ3n) is 9.35. The van der Waals surface area contributed by atoms with Crippen LogP contribution < -0.4 is 4.90 Å². The largest absolute Gasteiger partial charge is 0.463 e. The van der Waals surface area contributed by atoms with Gasteiger partial charge in [0.1, 0.15) is 23.6 Å². The van der Waals surface area contributed by atoms with Gasteiger partial charge in [-0.1, -0.05) is 23.8 Å². The topological polar surface area (TPSA) is 131 Å². The third-order valence-corrected chi connectivity index (χ3v) is 9.35. The second kappa shape index (κ2) is 9.68.